The van der Waals surface area contributed by atoms with Crippen molar-refractivity contribution in [3.63, 3.8) is 0 Å². The molecule has 4 aromatic rings. The van der Waals surface area contributed by atoms with E-state index >= 15 is 0 Å². The first-order valence-electron chi connectivity index (χ1n) is 11.2. The molecule has 1 aromatic heterocycles. The normalized spacial score (nSPS) is 10.6. The summed E-state index contributed by atoms with van der Waals surface area (Å²) in [5, 5.41) is -0.158. The summed E-state index contributed by atoms with van der Waals surface area (Å²) in [6.07, 6.45) is 0. The van der Waals surface area contributed by atoms with E-state index in [9.17, 15) is 19.2 Å². The highest BCUT2D eigenvalue weighted by atomic mass is 16.6. The fraction of sp³-hybridized carbons (Fsp3) is 0.143. The Labute approximate surface area is 211 Å². The van der Waals surface area contributed by atoms with E-state index in [-0.39, 0.29) is 34.0 Å². The Balaban J connectivity index is 1.81. The molecule has 4 rings (SSSR count). The minimum absolute atomic E-state index is 0.00440. The Morgan fingerprint density at radius 1 is 0.757 bits per heavy atom. The van der Waals surface area contributed by atoms with Crippen LogP contribution in [-0.4, -0.2) is 17.9 Å². The number of esters is 3. The molecule has 0 N–H and O–H groups in total. The van der Waals surface area contributed by atoms with Gasteiger partial charge in [0.15, 0.2) is 5.76 Å². The second-order valence-electron chi connectivity index (χ2n) is 7.96. The van der Waals surface area contributed by atoms with Gasteiger partial charge < -0.3 is 23.4 Å². The number of hydrogen-bond acceptors (Lipinski definition) is 9. The first kappa shape index (κ1) is 25.2. The Morgan fingerprint density at radius 3 is 2.03 bits per heavy atom. The Bertz CT molecular complexity index is 1530. The van der Waals surface area contributed by atoms with E-state index < -0.39 is 23.3 Å². The zero-order chi connectivity index (χ0) is 26.5. The first-order valence-corrected chi connectivity index (χ1v) is 11.2. The summed E-state index contributed by atoms with van der Waals surface area (Å²) in [6, 6.07) is 18.8. The fourth-order valence-electron chi connectivity index (χ4n) is 3.57. The molecule has 9 heteroatoms. The van der Waals surface area contributed by atoms with Crippen molar-refractivity contribution in [2.24, 2.45) is 0 Å². The minimum Gasteiger partial charge on any atom is -0.489 e. The molecule has 0 aliphatic carbocycles. The van der Waals surface area contributed by atoms with Crippen LogP contribution in [0.5, 0.6) is 23.0 Å². The molecule has 37 heavy (non-hydrogen) atoms. The summed E-state index contributed by atoms with van der Waals surface area (Å²) >= 11 is 0. The molecule has 0 atom stereocenters. The average molecular weight is 502 g/mol. The lowest BCUT2D eigenvalue weighted by molar-refractivity contribution is -0.133. The molecular formula is C28H22O9. The highest BCUT2D eigenvalue weighted by molar-refractivity contribution is 5.91. The second-order valence-corrected chi connectivity index (χ2v) is 7.96. The van der Waals surface area contributed by atoms with Crippen LogP contribution >= 0.6 is 0 Å². The minimum atomic E-state index is -0.749. The molecular weight excluding hydrogens is 480 g/mol. The Kier molecular flexibility index (Phi) is 7.34. The van der Waals surface area contributed by atoms with Gasteiger partial charge in [0.25, 0.3) is 0 Å². The molecule has 0 spiro atoms. The first-order chi connectivity index (χ1) is 17.7. The van der Waals surface area contributed by atoms with Crippen molar-refractivity contribution in [3.05, 3.63) is 82.5 Å². The summed E-state index contributed by atoms with van der Waals surface area (Å²) in [5.74, 6) is -2.17. The third-order valence-corrected chi connectivity index (χ3v) is 5.02. The molecule has 0 aliphatic rings. The van der Waals surface area contributed by atoms with Crippen molar-refractivity contribution < 1.29 is 37.7 Å². The lowest BCUT2D eigenvalue weighted by atomic mass is 10.1. The molecule has 0 bridgehead atoms. The molecule has 0 unspecified atom stereocenters. The van der Waals surface area contributed by atoms with Crippen LogP contribution < -0.4 is 24.4 Å². The maximum absolute atomic E-state index is 13.5. The standard InChI is InChI=1S/C28H22O9/c1-16(29)34-22-13-23(35-17(2)30)25-24(14-22)37-27(28(26(25)32)36-18(3)31)20-9-11-21(12-10-20)33-15-19-7-5-4-6-8-19/h4-14H,15H2,1-3H3. The van der Waals surface area contributed by atoms with Gasteiger partial charge >= 0.3 is 17.9 Å². The summed E-state index contributed by atoms with van der Waals surface area (Å²) in [4.78, 5) is 48.5. The van der Waals surface area contributed by atoms with Crippen LogP contribution in [0.2, 0.25) is 0 Å². The van der Waals surface area contributed by atoms with Crippen molar-refractivity contribution in [1.29, 1.82) is 0 Å². The smallest absolute Gasteiger partial charge is 0.308 e. The monoisotopic (exact) mass is 502 g/mol. The van der Waals surface area contributed by atoms with Crippen molar-refractivity contribution in [3.8, 4) is 34.3 Å². The molecule has 9 nitrogen and oxygen atoms in total. The van der Waals surface area contributed by atoms with Crippen LogP contribution in [0.3, 0.4) is 0 Å². The number of fused-ring (bicyclic) bond motifs is 1. The second kappa shape index (κ2) is 10.8. The maximum atomic E-state index is 13.5. The van der Waals surface area contributed by atoms with Crippen molar-refractivity contribution in [2.75, 3.05) is 0 Å². The molecule has 0 saturated heterocycles. The molecule has 1 heterocycles. The Morgan fingerprint density at radius 2 is 1.41 bits per heavy atom. The number of carbonyl (C=O) groups is 3. The van der Waals surface area contributed by atoms with Crippen molar-refractivity contribution >= 4 is 28.9 Å². The quantitative estimate of drug-likeness (QED) is 0.259. The van der Waals surface area contributed by atoms with E-state index in [0.29, 0.717) is 17.9 Å². The lowest BCUT2D eigenvalue weighted by Crippen LogP contribution is -2.15. The van der Waals surface area contributed by atoms with Gasteiger partial charge in [-0.15, -0.1) is 0 Å². The van der Waals surface area contributed by atoms with E-state index in [1.54, 1.807) is 24.3 Å². The lowest BCUT2D eigenvalue weighted by Gasteiger charge is -2.13. The average Bonchev–Trinajstić information content (AvgIpc) is 2.84. The third kappa shape index (κ3) is 6.02. The third-order valence-electron chi connectivity index (χ3n) is 5.02. The van der Waals surface area contributed by atoms with Crippen LogP contribution in [0.4, 0.5) is 0 Å². The van der Waals surface area contributed by atoms with Crippen molar-refractivity contribution in [2.45, 2.75) is 27.4 Å². The summed E-state index contributed by atoms with van der Waals surface area (Å²) in [6.45, 7) is 3.85. The summed E-state index contributed by atoms with van der Waals surface area (Å²) in [7, 11) is 0. The topological polar surface area (TPSA) is 118 Å². The predicted octanol–water partition coefficient (Wildman–Crippen LogP) is 4.81. The highest BCUT2D eigenvalue weighted by Crippen LogP contribution is 2.37. The number of benzene rings is 3. The number of ether oxygens (including phenoxy) is 4. The highest BCUT2D eigenvalue weighted by Gasteiger charge is 2.24. The van der Waals surface area contributed by atoms with Crippen LogP contribution in [0.1, 0.15) is 26.3 Å². The molecule has 0 saturated carbocycles. The van der Waals surface area contributed by atoms with Gasteiger partial charge in [-0.3, -0.25) is 19.2 Å². The molecule has 0 radical (unpaired) electrons. The van der Waals surface area contributed by atoms with Gasteiger partial charge in [-0.05, 0) is 29.8 Å². The largest absolute Gasteiger partial charge is 0.489 e. The zero-order valence-corrected chi connectivity index (χ0v) is 20.2. The summed E-state index contributed by atoms with van der Waals surface area (Å²) in [5.41, 5.74) is 0.613. The van der Waals surface area contributed by atoms with E-state index in [1.165, 1.54) is 19.1 Å². The maximum Gasteiger partial charge on any atom is 0.308 e. The van der Waals surface area contributed by atoms with E-state index in [4.69, 9.17) is 23.4 Å². The van der Waals surface area contributed by atoms with Gasteiger partial charge in [0.05, 0.1) is 0 Å². The van der Waals surface area contributed by atoms with Crippen LogP contribution in [0.15, 0.2) is 75.9 Å². The molecule has 188 valence electrons. The molecule has 0 aliphatic heterocycles. The SMILES string of the molecule is CC(=O)Oc1cc(OC(C)=O)c2c(=O)c(OC(C)=O)c(-c3ccc(OCc4ccccc4)cc3)oc2c1. The van der Waals surface area contributed by atoms with Gasteiger partial charge in [-0.2, -0.15) is 0 Å². The van der Waals surface area contributed by atoms with Crippen LogP contribution in [0.25, 0.3) is 22.3 Å². The van der Waals surface area contributed by atoms with E-state index in [1.807, 2.05) is 30.3 Å². The molecule has 0 amide bonds. The van der Waals surface area contributed by atoms with Gasteiger partial charge in [-0.1, -0.05) is 30.3 Å². The number of carbonyl (C=O) groups excluding carboxylic acids is 3. The summed E-state index contributed by atoms with van der Waals surface area (Å²) < 4.78 is 27.3. The van der Waals surface area contributed by atoms with Gasteiger partial charge in [0.1, 0.15) is 34.8 Å². The van der Waals surface area contributed by atoms with Gasteiger partial charge in [0, 0.05) is 38.5 Å². The predicted molar refractivity (Wildman–Crippen MR) is 133 cm³/mol. The zero-order valence-electron chi connectivity index (χ0n) is 20.2. The van der Waals surface area contributed by atoms with E-state index in [0.717, 1.165) is 19.4 Å². The van der Waals surface area contributed by atoms with Crippen LogP contribution in [-0.2, 0) is 21.0 Å². The molecule has 0 fully saturated rings. The number of rotatable bonds is 7. The van der Waals surface area contributed by atoms with Gasteiger partial charge in [-0.25, -0.2) is 0 Å². The van der Waals surface area contributed by atoms with E-state index in [2.05, 4.69) is 0 Å². The Hall–Kier alpha value is -4.92. The number of hydrogen-bond donors (Lipinski definition) is 0. The molecule has 3 aromatic carbocycles. The fourth-order valence-corrected chi connectivity index (χ4v) is 3.57. The van der Waals surface area contributed by atoms with Crippen molar-refractivity contribution in [1.82, 2.24) is 0 Å². The van der Waals surface area contributed by atoms with Gasteiger partial charge in [0.2, 0.25) is 11.2 Å². The van der Waals surface area contributed by atoms with Crippen LogP contribution in [0, 0.1) is 0 Å².